The summed E-state index contributed by atoms with van der Waals surface area (Å²) in [6.45, 7) is 0.474. The van der Waals surface area contributed by atoms with E-state index < -0.39 is 0 Å². The lowest BCUT2D eigenvalue weighted by Crippen LogP contribution is -2.28. The average Bonchev–Trinajstić information content (AvgIpc) is 2.79. The molecule has 0 bridgehead atoms. The molecule has 2 amide bonds. The number of nitrogens with one attached hydrogen (secondary N) is 1. The van der Waals surface area contributed by atoms with Crippen LogP contribution in [0.25, 0.3) is 0 Å². The number of ether oxygens (including phenoxy) is 1. The minimum absolute atomic E-state index is 0.167. The molecular formula is C24H24N2O3. The second-order valence-electron chi connectivity index (χ2n) is 6.60. The fourth-order valence-corrected chi connectivity index (χ4v) is 3.08. The highest BCUT2D eigenvalue weighted by Crippen LogP contribution is 2.18. The minimum atomic E-state index is -0.211. The summed E-state index contributed by atoms with van der Waals surface area (Å²) in [5, 5.41) is 2.91. The van der Waals surface area contributed by atoms with Gasteiger partial charge in [-0.3, -0.25) is 9.59 Å². The fourth-order valence-electron chi connectivity index (χ4n) is 3.08. The molecule has 0 aliphatic heterocycles. The van der Waals surface area contributed by atoms with Crippen LogP contribution in [-0.2, 0) is 6.42 Å². The third kappa shape index (κ3) is 5.02. The molecule has 0 saturated heterocycles. The van der Waals surface area contributed by atoms with Gasteiger partial charge in [-0.15, -0.1) is 0 Å². The lowest BCUT2D eigenvalue weighted by atomic mass is 10.1. The maximum Gasteiger partial charge on any atom is 0.258 e. The Balaban J connectivity index is 1.64. The molecule has 0 aliphatic carbocycles. The van der Waals surface area contributed by atoms with Gasteiger partial charge >= 0.3 is 0 Å². The van der Waals surface area contributed by atoms with E-state index in [0.717, 1.165) is 17.0 Å². The van der Waals surface area contributed by atoms with Crippen LogP contribution in [-0.4, -0.2) is 32.5 Å². The summed E-state index contributed by atoms with van der Waals surface area (Å²) in [5.74, 6) is 0.426. The summed E-state index contributed by atoms with van der Waals surface area (Å²) in [5.41, 5.74) is 2.75. The van der Waals surface area contributed by atoms with Crippen molar-refractivity contribution >= 4 is 17.5 Å². The molecule has 0 spiro atoms. The highest BCUT2D eigenvalue weighted by atomic mass is 16.5. The number of carbonyl (C=O) groups excluding carboxylic acids is 2. The zero-order valence-electron chi connectivity index (χ0n) is 16.6. The van der Waals surface area contributed by atoms with Gasteiger partial charge in [0, 0.05) is 30.4 Å². The van der Waals surface area contributed by atoms with Crippen LogP contribution in [0.4, 0.5) is 5.69 Å². The van der Waals surface area contributed by atoms with E-state index in [0.29, 0.717) is 24.1 Å². The van der Waals surface area contributed by atoms with Crippen LogP contribution in [0.5, 0.6) is 5.75 Å². The first-order chi connectivity index (χ1) is 14.1. The Hall–Kier alpha value is -3.60. The van der Waals surface area contributed by atoms with Gasteiger partial charge in [0.15, 0.2) is 0 Å². The second-order valence-corrected chi connectivity index (χ2v) is 6.60. The van der Waals surface area contributed by atoms with Crippen molar-refractivity contribution < 1.29 is 14.3 Å². The number of amides is 2. The molecule has 1 N–H and O–H groups in total. The van der Waals surface area contributed by atoms with E-state index in [4.69, 9.17) is 4.74 Å². The summed E-state index contributed by atoms with van der Waals surface area (Å²) in [4.78, 5) is 26.9. The summed E-state index contributed by atoms with van der Waals surface area (Å²) in [6, 6.07) is 23.9. The fraction of sp³-hybridized carbons (Fsp3) is 0.167. The number of methoxy groups -OCH3 is 1. The molecule has 0 heterocycles. The highest BCUT2D eigenvalue weighted by molar-refractivity contribution is 6.07. The van der Waals surface area contributed by atoms with Crippen LogP contribution in [0, 0.1) is 0 Å². The number of benzene rings is 3. The van der Waals surface area contributed by atoms with Crippen molar-refractivity contribution in [3.05, 3.63) is 95.6 Å². The number of carbonyl (C=O) groups is 2. The maximum atomic E-state index is 12.8. The summed E-state index contributed by atoms with van der Waals surface area (Å²) < 4.78 is 5.33. The van der Waals surface area contributed by atoms with Gasteiger partial charge in [-0.25, -0.2) is 0 Å². The highest BCUT2D eigenvalue weighted by Gasteiger charge is 2.15. The Kier molecular flexibility index (Phi) is 6.63. The number of anilines is 1. The minimum Gasteiger partial charge on any atom is -0.496 e. The first kappa shape index (κ1) is 20.1. The molecule has 0 saturated carbocycles. The molecule has 0 aliphatic rings. The van der Waals surface area contributed by atoms with Crippen molar-refractivity contribution in [3.8, 4) is 5.75 Å². The van der Waals surface area contributed by atoms with E-state index in [1.54, 1.807) is 43.3 Å². The summed E-state index contributed by atoms with van der Waals surface area (Å²) in [6.07, 6.45) is 0.658. The number of rotatable bonds is 7. The Labute approximate surface area is 170 Å². The molecule has 5 heteroatoms. The van der Waals surface area contributed by atoms with E-state index >= 15 is 0 Å². The SMILES string of the molecule is COc1ccccc1CCNC(=O)c1cccc(C(=O)N(C)c2ccccc2)c1. The van der Waals surface area contributed by atoms with Crippen LogP contribution in [0.1, 0.15) is 26.3 Å². The largest absolute Gasteiger partial charge is 0.496 e. The van der Waals surface area contributed by atoms with E-state index in [1.807, 2.05) is 54.6 Å². The monoisotopic (exact) mass is 388 g/mol. The molecule has 29 heavy (non-hydrogen) atoms. The molecule has 0 radical (unpaired) electrons. The molecule has 0 unspecified atom stereocenters. The lowest BCUT2D eigenvalue weighted by Gasteiger charge is -2.17. The molecule has 3 rings (SSSR count). The molecule has 0 aromatic heterocycles. The molecule has 3 aromatic carbocycles. The van der Waals surface area contributed by atoms with Crippen LogP contribution < -0.4 is 15.0 Å². The van der Waals surface area contributed by atoms with Crippen LogP contribution in [0.3, 0.4) is 0 Å². The maximum absolute atomic E-state index is 12.8. The Morgan fingerprint density at radius 2 is 1.59 bits per heavy atom. The van der Waals surface area contributed by atoms with Crippen LogP contribution in [0.15, 0.2) is 78.9 Å². The zero-order chi connectivity index (χ0) is 20.6. The topological polar surface area (TPSA) is 58.6 Å². The second kappa shape index (κ2) is 9.55. The van der Waals surface area contributed by atoms with Gasteiger partial charge < -0.3 is 15.0 Å². The van der Waals surface area contributed by atoms with Gasteiger partial charge in [-0.2, -0.15) is 0 Å². The Bertz CT molecular complexity index is 986. The van der Waals surface area contributed by atoms with Crippen molar-refractivity contribution in [1.82, 2.24) is 5.32 Å². The molecule has 148 valence electrons. The van der Waals surface area contributed by atoms with E-state index in [2.05, 4.69) is 5.32 Å². The van der Waals surface area contributed by atoms with Gasteiger partial charge in [-0.05, 0) is 48.4 Å². The number of para-hydroxylation sites is 2. The lowest BCUT2D eigenvalue weighted by molar-refractivity contribution is 0.0954. The Morgan fingerprint density at radius 3 is 2.34 bits per heavy atom. The Morgan fingerprint density at radius 1 is 0.897 bits per heavy atom. The molecule has 5 nitrogen and oxygen atoms in total. The first-order valence-electron chi connectivity index (χ1n) is 9.43. The van der Waals surface area contributed by atoms with Crippen molar-refractivity contribution in [2.75, 3.05) is 25.6 Å². The van der Waals surface area contributed by atoms with E-state index in [1.165, 1.54) is 0 Å². The zero-order valence-corrected chi connectivity index (χ0v) is 16.6. The number of nitrogens with zero attached hydrogens (tertiary/aromatic N) is 1. The van der Waals surface area contributed by atoms with Gasteiger partial charge in [-0.1, -0.05) is 42.5 Å². The third-order valence-corrected chi connectivity index (χ3v) is 4.69. The van der Waals surface area contributed by atoms with Crippen molar-refractivity contribution in [1.29, 1.82) is 0 Å². The summed E-state index contributed by atoms with van der Waals surface area (Å²) in [7, 11) is 3.35. The van der Waals surface area contributed by atoms with Gasteiger partial charge in [0.05, 0.1) is 7.11 Å². The number of hydrogen-bond acceptors (Lipinski definition) is 3. The predicted molar refractivity (Wildman–Crippen MR) is 115 cm³/mol. The van der Waals surface area contributed by atoms with Gasteiger partial charge in [0.1, 0.15) is 5.75 Å². The predicted octanol–water partition coefficient (Wildman–Crippen LogP) is 3.94. The van der Waals surface area contributed by atoms with Crippen LogP contribution in [0.2, 0.25) is 0 Å². The third-order valence-electron chi connectivity index (χ3n) is 4.69. The standard InChI is InChI=1S/C24H24N2O3/c1-26(21-12-4-3-5-13-21)24(28)20-11-8-10-19(17-20)23(27)25-16-15-18-9-6-7-14-22(18)29-2/h3-14,17H,15-16H2,1-2H3,(H,25,27). The summed E-state index contributed by atoms with van der Waals surface area (Å²) >= 11 is 0. The molecule has 3 aromatic rings. The molecule has 0 fully saturated rings. The molecule has 0 atom stereocenters. The first-order valence-corrected chi connectivity index (χ1v) is 9.43. The van der Waals surface area contributed by atoms with Gasteiger partial charge in [0.2, 0.25) is 0 Å². The van der Waals surface area contributed by atoms with E-state index in [-0.39, 0.29) is 11.8 Å². The smallest absolute Gasteiger partial charge is 0.258 e. The van der Waals surface area contributed by atoms with Gasteiger partial charge in [0.25, 0.3) is 11.8 Å². The van der Waals surface area contributed by atoms with Crippen LogP contribution >= 0.6 is 0 Å². The quantitative estimate of drug-likeness (QED) is 0.667. The number of hydrogen-bond donors (Lipinski definition) is 1. The van der Waals surface area contributed by atoms with Crippen molar-refractivity contribution in [2.24, 2.45) is 0 Å². The molecular weight excluding hydrogens is 364 g/mol. The normalized spacial score (nSPS) is 10.3. The van der Waals surface area contributed by atoms with Crippen molar-refractivity contribution in [3.63, 3.8) is 0 Å². The average molecular weight is 388 g/mol. The van der Waals surface area contributed by atoms with Crippen molar-refractivity contribution in [2.45, 2.75) is 6.42 Å². The van der Waals surface area contributed by atoms with E-state index in [9.17, 15) is 9.59 Å².